The molecular weight excluding hydrogens is 242 g/mol. The van der Waals surface area contributed by atoms with Crippen LogP contribution in [0, 0.1) is 6.92 Å². The molecule has 104 valence electrons. The Morgan fingerprint density at radius 1 is 1.53 bits per heavy atom. The molecule has 1 fully saturated rings. The molecule has 0 aromatic carbocycles. The van der Waals surface area contributed by atoms with E-state index >= 15 is 0 Å². The van der Waals surface area contributed by atoms with Crippen LogP contribution >= 0.6 is 0 Å². The molecule has 1 aromatic rings. The minimum absolute atomic E-state index is 0.125. The molecule has 1 aliphatic rings. The van der Waals surface area contributed by atoms with Gasteiger partial charge in [-0.15, -0.1) is 0 Å². The molecule has 5 nitrogen and oxygen atoms in total. The SMILES string of the molecule is Cc1nc(CCC(=O)O)cc([C@@H]2CCCN(C)C2)n1. The summed E-state index contributed by atoms with van der Waals surface area (Å²) < 4.78 is 0. The fourth-order valence-electron chi connectivity index (χ4n) is 2.63. The van der Waals surface area contributed by atoms with Crippen LogP contribution < -0.4 is 0 Å². The fraction of sp³-hybridized carbons (Fsp3) is 0.643. The van der Waals surface area contributed by atoms with Crippen molar-refractivity contribution in [3.63, 3.8) is 0 Å². The lowest BCUT2D eigenvalue weighted by molar-refractivity contribution is -0.136. The molecule has 0 amide bonds. The number of carbonyl (C=O) groups is 1. The summed E-state index contributed by atoms with van der Waals surface area (Å²) in [5.74, 6) is 0.408. The summed E-state index contributed by atoms with van der Waals surface area (Å²) in [4.78, 5) is 21.8. The average Bonchev–Trinajstić information content (AvgIpc) is 2.36. The number of rotatable bonds is 4. The van der Waals surface area contributed by atoms with Gasteiger partial charge in [-0.1, -0.05) is 0 Å². The van der Waals surface area contributed by atoms with Gasteiger partial charge in [0.05, 0.1) is 6.42 Å². The second-order valence-electron chi connectivity index (χ2n) is 5.33. The maximum Gasteiger partial charge on any atom is 0.303 e. The standard InChI is InChI=1S/C14H21N3O2/c1-10-15-12(5-6-14(18)19)8-13(16-10)11-4-3-7-17(2)9-11/h8,11H,3-7,9H2,1-2H3,(H,18,19)/t11-/m1/s1. The highest BCUT2D eigenvalue weighted by Crippen LogP contribution is 2.25. The lowest BCUT2D eigenvalue weighted by Crippen LogP contribution is -2.31. The van der Waals surface area contributed by atoms with Gasteiger partial charge in [-0.05, 0) is 39.4 Å². The number of aromatic nitrogens is 2. The average molecular weight is 263 g/mol. The first kappa shape index (κ1) is 13.9. The van der Waals surface area contributed by atoms with Crippen LogP contribution in [0.15, 0.2) is 6.07 Å². The van der Waals surface area contributed by atoms with Crippen LogP contribution in [0.4, 0.5) is 0 Å². The third-order valence-corrected chi connectivity index (χ3v) is 3.55. The van der Waals surface area contributed by atoms with Gasteiger partial charge in [0.1, 0.15) is 5.82 Å². The van der Waals surface area contributed by atoms with Gasteiger partial charge in [-0.2, -0.15) is 0 Å². The second kappa shape index (κ2) is 6.10. The summed E-state index contributed by atoms with van der Waals surface area (Å²) in [6.45, 7) is 4.04. The molecule has 1 aliphatic heterocycles. The molecule has 1 N–H and O–H groups in total. The molecule has 0 saturated carbocycles. The number of hydrogen-bond acceptors (Lipinski definition) is 4. The van der Waals surface area contributed by atoms with E-state index in [0.717, 1.165) is 36.7 Å². The number of likely N-dealkylation sites (N-methyl/N-ethyl adjacent to an activating group) is 1. The van der Waals surface area contributed by atoms with Gasteiger partial charge >= 0.3 is 5.97 Å². The molecule has 19 heavy (non-hydrogen) atoms. The van der Waals surface area contributed by atoms with Crippen molar-refractivity contribution in [1.29, 1.82) is 0 Å². The fourth-order valence-corrected chi connectivity index (χ4v) is 2.63. The third kappa shape index (κ3) is 3.99. The Bertz CT molecular complexity index is 462. The maximum absolute atomic E-state index is 10.6. The number of nitrogens with zero attached hydrogens (tertiary/aromatic N) is 3. The van der Waals surface area contributed by atoms with E-state index < -0.39 is 5.97 Å². The normalized spacial score (nSPS) is 20.4. The Hall–Kier alpha value is -1.49. The van der Waals surface area contributed by atoms with Crippen molar-refractivity contribution in [1.82, 2.24) is 14.9 Å². The Morgan fingerprint density at radius 2 is 2.32 bits per heavy atom. The highest BCUT2D eigenvalue weighted by Gasteiger charge is 2.21. The number of aryl methyl sites for hydroxylation is 2. The van der Waals surface area contributed by atoms with Crippen LogP contribution in [-0.4, -0.2) is 46.1 Å². The zero-order valence-corrected chi connectivity index (χ0v) is 11.6. The van der Waals surface area contributed by atoms with Crippen molar-refractivity contribution in [2.45, 2.75) is 38.5 Å². The van der Waals surface area contributed by atoms with E-state index in [0.29, 0.717) is 12.3 Å². The van der Waals surface area contributed by atoms with Crippen LogP contribution in [0.1, 0.15) is 42.4 Å². The molecule has 0 bridgehead atoms. The molecule has 2 heterocycles. The number of piperidine rings is 1. The van der Waals surface area contributed by atoms with E-state index in [4.69, 9.17) is 5.11 Å². The van der Waals surface area contributed by atoms with Crippen LogP contribution in [0.3, 0.4) is 0 Å². The van der Waals surface area contributed by atoms with Gasteiger partial charge in [0.2, 0.25) is 0 Å². The van der Waals surface area contributed by atoms with Crippen LogP contribution in [0.2, 0.25) is 0 Å². The van der Waals surface area contributed by atoms with Gasteiger partial charge in [0, 0.05) is 30.3 Å². The first-order valence-corrected chi connectivity index (χ1v) is 6.79. The summed E-state index contributed by atoms with van der Waals surface area (Å²) in [5, 5.41) is 8.75. The van der Waals surface area contributed by atoms with Crippen LogP contribution in [-0.2, 0) is 11.2 Å². The van der Waals surface area contributed by atoms with E-state index in [-0.39, 0.29) is 6.42 Å². The number of carboxylic acid groups (broad SMARTS) is 1. The highest BCUT2D eigenvalue weighted by molar-refractivity contribution is 5.66. The summed E-state index contributed by atoms with van der Waals surface area (Å²) in [6, 6.07) is 1.99. The maximum atomic E-state index is 10.6. The van der Waals surface area contributed by atoms with Gasteiger partial charge in [-0.3, -0.25) is 4.79 Å². The largest absolute Gasteiger partial charge is 0.481 e. The number of aliphatic carboxylic acids is 1. The minimum atomic E-state index is -0.782. The van der Waals surface area contributed by atoms with E-state index in [2.05, 4.69) is 21.9 Å². The van der Waals surface area contributed by atoms with Gasteiger partial charge in [0.15, 0.2) is 0 Å². The van der Waals surface area contributed by atoms with Crippen molar-refractivity contribution in [3.8, 4) is 0 Å². The Kier molecular flexibility index (Phi) is 4.47. The molecule has 5 heteroatoms. The Balaban J connectivity index is 2.13. The zero-order chi connectivity index (χ0) is 13.8. The minimum Gasteiger partial charge on any atom is -0.481 e. The molecule has 1 saturated heterocycles. The molecule has 2 rings (SSSR count). The summed E-state index contributed by atoms with van der Waals surface area (Å²) in [7, 11) is 2.13. The number of likely N-dealkylation sites (tertiary alicyclic amines) is 1. The lowest BCUT2D eigenvalue weighted by Gasteiger charge is -2.29. The van der Waals surface area contributed by atoms with E-state index in [9.17, 15) is 4.79 Å². The predicted molar refractivity (Wildman–Crippen MR) is 72.2 cm³/mol. The first-order valence-electron chi connectivity index (χ1n) is 6.79. The smallest absolute Gasteiger partial charge is 0.303 e. The summed E-state index contributed by atoms with van der Waals surface area (Å²) in [5.41, 5.74) is 1.91. The molecular formula is C14H21N3O2. The van der Waals surface area contributed by atoms with Gasteiger partial charge in [0.25, 0.3) is 0 Å². The quantitative estimate of drug-likeness (QED) is 0.894. The van der Waals surface area contributed by atoms with E-state index in [1.54, 1.807) is 0 Å². The van der Waals surface area contributed by atoms with E-state index in [1.165, 1.54) is 6.42 Å². The second-order valence-corrected chi connectivity index (χ2v) is 5.33. The van der Waals surface area contributed by atoms with Crippen LogP contribution in [0.5, 0.6) is 0 Å². The topological polar surface area (TPSA) is 66.3 Å². The third-order valence-electron chi connectivity index (χ3n) is 3.55. The van der Waals surface area contributed by atoms with Crippen LogP contribution in [0.25, 0.3) is 0 Å². The van der Waals surface area contributed by atoms with Crippen molar-refractivity contribution in [3.05, 3.63) is 23.3 Å². The van der Waals surface area contributed by atoms with Crippen molar-refractivity contribution in [2.75, 3.05) is 20.1 Å². The lowest BCUT2D eigenvalue weighted by atomic mass is 9.94. The van der Waals surface area contributed by atoms with Crippen molar-refractivity contribution in [2.24, 2.45) is 0 Å². The molecule has 0 unspecified atom stereocenters. The van der Waals surface area contributed by atoms with Gasteiger partial charge < -0.3 is 10.0 Å². The Morgan fingerprint density at radius 3 is 3.00 bits per heavy atom. The summed E-state index contributed by atoms with van der Waals surface area (Å²) >= 11 is 0. The number of hydrogen-bond donors (Lipinski definition) is 1. The molecule has 0 radical (unpaired) electrons. The first-order chi connectivity index (χ1) is 9.04. The highest BCUT2D eigenvalue weighted by atomic mass is 16.4. The molecule has 0 spiro atoms. The van der Waals surface area contributed by atoms with Crippen molar-refractivity contribution < 1.29 is 9.90 Å². The predicted octanol–water partition coefficient (Wildman–Crippen LogP) is 1.61. The number of carboxylic acids is 1. The zero-order valence-electron chi connectivity index (χ0n) is 11.6. The van der Waals surface area contributed by atoms with E-state index in [1.807, 2.05) is 13.0 Å². The monoisotopic (exact) mass is 263 g/mol. The molecule has 1 aromatic heterocycles. The Labute approximate surface area is 113 Å². The molecule has 1 atom stereocenters. The van der Waals surface area contributed by atoms with Crippen molar-refractivity contribution >= 4 is 5.97 Å². The molecule has 0 aliphatic carbocycles. The summed E-state index contributed by atoms with van der Waals surface area (Å²) in [6.07, 6.45) is 2.95. The van der Waals surface area contributed by atoms with Gasteiger partial charge in [-0.25, -0.2) is 9.97 Å².